The van der Waals surface area contributed by atoms with E-state index >= 15 is 0 Å². The van der Waals surface area contributed by atoms with Crippen LogP contribution >= 0.6 is 0 Å². The third kappa shape index (κ3) is 4.52. The van der Waals surface area contributed by atoms with Crippen LogP contribution in [-0.2, 0) is 0 Å². The smallest absolute Gasteiger partial charge is 0.207 e. The van der Waals surface area contributed by atoms with Gasteiger partial charge < -0.3 is 0 Å². The molecule has 0 radical (unpaired) electrons. The van der Waals surface area contributed by atoms with Crippen molar-refractivity contribution in [2.45, 2.75) is 31.9 Å². The van der Waals surface area contributed by atoms with Crippen LogP contribution in [0.3, 0.4) is 0 Å². The molecule has 0 saturated heterocycles. The van der Waals surface area contributed by atoms with E-state index in [4.69, 9.17) is 0 Å². The molecule has 0 N–H and O–H groups in total. The largest absolute Gasteiger partial charge is 0.394 e. The summed E-state index contributed by atoms with van der Waals surface area (Å²) in [4.78, 5) is 0. The van der Waals surface area contributed by atoms with Gasteiger partial charge in [-0.15, -0.1) is 0 Å². The van der Waals surface area contributed by atoms with Crippen LogP contribution in [0, 0.1) is 0 Å². The van der Waals surface area contributed by atoms with Crippen molar-refractivity contribution in [1.82, 2.24) is 0 Å². The molecular weight excluding hydrogens is 155 g/mol. The van der Waals surface area contributed by atoms with Crippen LogP contribution in [0.25, 0.3) is 0 Å². The molecular formula is C5H7F5. The maximum Gasteiger partial charge on any atom is 0.394 e. The Labute approximate surface area is 55.0 Å². The van der Waals surface area contributed by atoms with Gasteiger partial charge in [0.15, 0.2) is 0 Å². The zero-order valence-electron chi connectivity index (χ0n) is 5.30. The first-order chi connectivity index (χ1) is 4.27. The molecule has 10 heavy (non-hydrogen) atoms. The number of alkyl halides is 5. The van der Waals surface area contributed by atoms with Gasteiger partial charge in [0.25, 0.3) is 5.92 Å². The molecule has 0 nitrogen and oxygen atoms in total. The average molecular weight is 162 g/mol. The van der Waals surface area contributed by atoms with Gasteiger partial charge in [-0.2, -0.15) is 13.2 Å². The number of rotatable bonds is 2. The van der Waals surface area contributed by atoms with Crippen LogP contribution in [0.2, 0.25) is 0 Å². The van der Waals surface area contributed by atoms with Crippen LogP contribution in [0.5, 0.6) is 0 Å². The Hall–Kier alpha value is -0.350. The second-order valence-corrected chi connectivity index (χ2v) is 2.00. The molecule has 0 spiro atoms. The first-order valence-corrected chi connectivity index (χ1v) is 2.71. The van der Waals surface area contributed by atoms with Gasteiger partial charge in [-0.1, -0.05) is 6.92 Å². The van der Waals surface area contributed by atoms with Crippen molar-refractivity contribution in [3.63, 3.8) is 0 Å². The van der Waals surface area contributed by atoms with Gasteiger partial charge in [0.2, 0.25) is 0 Å². The fourth-order valence-corrected chi connectivity index (χ4v) is 0.418. The molecule has 0 aliphatic rings. The van der Waals surface area contributed by atoms with Crippen LogP contribution in [-0.4, -0.2) is 12.1 Å². The first-order valence-electron chi connectivity index (χ1n) is 2.71. The molecule has 0 aliphatic carbocycles. The maximum atomic E-state index is 11.9. The molecule has 62 valence electrons. The lowest BCUT2D eigenvalue weighted by atomic mass is 10.2. The highest BCUT2D eigenvalue weighted by atomic mass is 19.4. The van der Waals surface area contributed by atoms with Crippen molar-refractivity contribution in [3.8, 4) is 0 Å². The SMILES string of the molecule is CCC(F)(F)CC(F)(F)F. The summed E-state index contributed by atoms with van der Waals surface area (Å²) in [5.41, 5.74) is 0. The van der Waals surface area contributed by atoms with Crippen LogP contribution in [0.4, 0.5) is 22.0 Å². The van der Waals surface area contributed by atoms with E-state index in [1.165, 1.54) is 0 Å². The second kappa shape index (κ2) is 2.72. The molecule has 0 fully saturated rings. The Morgan fingerprint density at radius 1 is 1.00 bits per heavy atom. The van der Waals surface area contributed by atoms with Gasteiger partial charge in [-0.25, -0.2) is 8.78 Å². The fraction of sp³-hybridized carbons (Fsp3) is 1.00. The van der Waals surface area contributed by atoms with E-state index in [0.29, 0.717) is 0 Å². The Balaban J connectivity index is 3.89. The molecule has 0 atom stereocenters. The predicted octanol–water partition coefficient (Wildman–Crippen LogP) is 2.98. The lowest BCUT2D eigenvalue weighted by Crippen LogP contribution is -2.24. The summed E-state index contributed by atoms with van der Waals surface area (Å²) in [6, 6.07) is 0. The summed E-state index contributed by atoms with van der Waals surface area (Å²) in [7, 11) is 0. The summed E-state index contributed by atoms with van der Waals surface area (Å²) in [5, 5.41) is 0. The van der Waals surface area contributed by atoms with E-state index in [1.54, 1.807) is 0 Å². The van der Waals surface area contributed by atoms with Gasteiger partial charge >= 0.3 is 6.18 Å². The van der Waals surface area contributed by atoms with Gasteiger partial charge in [0, 0.05) is 6.42 Å². The summed E-state index contributed by atoms with van der Waals surface area (Å²) in [6.07, 6.45) is -7.55. The molecule has 0 heterocycles. The minimum Gasteiger partial charge on any atom is -0.207 e. The van der Waals surface area contributed by atoms with Crippen LogP contribution in [0.1, 0.15) is 19.8 Å². The van der Waals surface area contributed by atoms with Crippen molar-refractivity contribution < 1.29 is 22.0 Å². The van der Waals surface area contributed by atoms with Crippen LogP contribution in [0.15, 0.2) is 0 Å². The van der Waals surface area contributed by atoms with Gasteiger partial charge in [-0.05, 0) is 0 Å². The predicted molar refractivity (Wildman–Crippen MR) is 25.9 cm³/mol. The summed E-state index contributed by atoms with van der Waals surface area (Å²) in [5.74, 6) is -3.60. The van der Waals surface area contributed by atoms with E-state index in [1.807, 2.05) is 0 Å². The third-order valence-corrected chi connectivity index (χ3v) is 0.976. The topological polar surface area (TPSA) is 0 Å². The second-order valence-electron chi connectivity index (χ2n) is 2.00. The minimum atomic E-state index is -4.76. The van der Waals surface area contributed by atoms with Gasteiger partial charge in [-0.3, -0.25) is 0 Å². The molecule has 0 aliphatic heterocycles. The molecule has 0 aromatic carbocycles. The molecule has 0 unspecified atom stereocenters. The van der Waals surface area contributed by atoms with E-state index in [2.05, 4.69) is 0 Å². The van der Waals surface area contributed by atoms with Crippen molar-refractivity contribution in [2.75, 3.05) is 0 Å². The van der Waals surface area contributed by atoms with Crippen molar-refractivity contribution in [1.29, 1.82) is 0 Å². The van der Waals surface area contributed by atoms with E-state index < -0.39 is 24.9 Å². The molecule has 0 saturated carbocycles. The normalized spacial score (nSPS) is 13.8. The molecule has 0 rings (SSSR count). The lowest BCUT2D eigenvalue weighted by Gasteiger charge is -2.15. The monoisotopic (exact) mass is 162 g/mol. The maximum absolute atomic E-state index is 11.9. The standard InChI is InChI=1S/C5H7F5/c1-2-4(6,7)3-5(8,9)10/h2-3H2,1H3. The molecule has 0 aromatic heterocycles. The Morgan fingerprint density at radius 2 is 1.40 bits per heavy atom. The summed E-state index contributed by atoms with van der Waals surface area (Å²) < 4.78 is 57.6. The lowest BCUT2D eigenvalue weighted by molar-refractivity contribution is -0.188. The Kier molecular flexibility index (Phi) is 2.62. The zero-order chi connectivity index (χ0) is 8.41. The van der Waals surface area contributed by atoms with Crippen molar-refractivity contribution in [2.24, 2.45) is 0 Å². The van der Waals surface area contributed by atoms with Gasteiger partial charge in [0.05, 0.1) is 0 Å². The van der Waals surface area contributed by atoms with E-state index in [9.17, 15) is 22.0 Å². The van der Waals surface area contributed by atoms with Crippen LogP contribution < -0.4 is 0 Å². The highest BCUT2D eigenvalue weighted by Gasteiger charge is 2.41. The Morgan fingerprint density at radius 3 is 1.50 bits per heavy atom. The molecule has 5 heteroatoms. The number of halogens is 5. The third-order valence-electron chi connectivity index (χ3n) is 0.976. The highest BCUT2D eigenvalue weighted by molar-refractivity contribution is 4.68. The zero-order valence-corrected chi connectivity index (χ0v) is 5.30. The highest BCUT2D eigenvalue weighted by Crippen LogP contribution is 2.33. The Bertz CT molecular complexity index is 103. The quantitative estimate of drug-likeness (QED) is 0.547. The molecule has 0 aromatic rings. The average Bonchev–Trinajstić information content (AvgIpc) is 1.60. The first kappa shape index (κ1) is 9.65. The minimum absolute atomic E-state index is 0.771. The number of hydrogen-bond acceptors (Lipinski definition) is 0. The van der Waals surface area contributed by atoms with E-state index in [-0.39, 0.29) is 0 Å². The summed E-state index contributed by atoms with van der Waals surface area (Å²) >= 11 is 0. The fourth-order valence-electron chi connectivity index (χ4n) is 0.418. The number of hydrogen-bond donors (Lipinski definition) is 0. The summed E-state index contributed by atoms with van der Waals surface area (Å²) in [6.45, 7) is 1.02. The van der Waals surface area contributed by atoms with Crippen molar-refractivity contribution >= 4 is 0 Å². The molecule has 0 amide bonds. The van der Waals surface area contributed by atoms with Crippen molar-refractivity contribution in [3.05, 3.63) is 0 Å². The van der Waals surface area contributed by atoms with Gasteiger partial charge in [0.1, 0.15) is 6.42 Å². The molecule has 0 bridgehead atoms. The van der Waals surface area contributed by atoms with E-state index in [0.717, 1.165) is 6.92 Å².